The zero-order valence-electron chi connectivity index (χ0n) is 6.35. The van der Waals surface area contributed by atoms with Crippen molar-refractivity contribution < 1.29 is 4.92 Å². The van der Waals surface area contributed by atoms with Gasteiger partial charge in [0.25, 0.3) is 0 Å². The highest BCUT2D eigenvalue weighted by molar-refractivity contribution is 9.10. The van der Waals surface area contributed by atoms with E-state index in [9.17, 15) is 10.1 Å². The maximum atomic E-state index is 10.5. The smallest absolute Gasteiger partial charge is 0.358 e. The first-order valence-electron chi connectivity index (χ1n) is 3.46. The van der Waals surface area contributed by atoms with E-state index in [1.807, 2.05) is 0 Å². The molecule has 0 aliphatic heterocycles. The molecule has 0 aliphatic carbocycles. The fourth-order valence-electron chi connectivity index (χ4n) is 1.11. The minimum atomic E-state index is -0.498. The van der Waals surface area contributed by atoms with Crippen molar-refractivity contribution in [2.24, 2.45) is 0 Å². The summed E-state index contributed by atoms with van der Waals surface area (Å²) < 4.78 is 2.35. The molecule has 0 amide bonds. The molecule has 0 bridgehead atoms. The number of hydrogen-bond acceptors (Lipinski definition) is 3. The summed E-state index contributed by atoms with van der Waals surface area (Å²) in [5.74, 6) is -0.124. The van der Waals surface area contributed by atoms with E-state index in [0.29, 0.717) is 5.52 Å². The number of nitro groups is 1. The zero-order chi connectivity index (χ0) is 9.42. The molecule has 0 fully saturated rings. The van der Waals surface area contributed by atoms with Gasteiger partial charge in [-0.3, -0.25) is 4.40 Å². The van der Waals surface area contributed by atoms with Gasteiger partial charge in [-0.15, -0.1) is 0 Å². The largest absolute Gasteiger partial charge is 0.389 e. The van der Waals surface area contributed by atoms with E-state index in [2.05, 4.69) is 20.9 Å². The molecule has 2 aromatic heterocycles. The van der Waals surface area contributed by atoms with Crippen LogP contribution in [0.25, 0.3) is 5.52 Å². The van der Waals surface area contributed by atoms with Crippen LogP contribution in [0.5, 0.6) is 0 Å². The third-order valence-corrected chi connectivity index (χ3v) is 2.32. The molecule has 2 aromatic rings. The number of halogens is 1. The number of hydrogen-bond donors (Lipinski definition) is 0. The summed E-state index contributed by atoms with van der Waals surface area (Å²) in [6.45, 7) is 0. The van der Waals surface area contributed by atoms with Gasteiger partial charge in [0.1, 0.15) is 5.52 Å². The second-order valence-electron chi connectivity index (χ2n) is 2.43. The standard InChI is InChI=1S/C7H4BrN3O2/c8-6-3-1-2-5-7(11(12)13)9-4-10(5)6/h1-4H. The normalized spacial score (nSPS) is 10.5. The van der Waals surface area contributed by atoms with Crippen LogP contribution < -0.4 is 0 Å². The molecule has 0 aromatic carbocycles. The molecule has 0 atom stereocenters. The van der Waals surface area contributed by atoms with Gasteiger partial charge in [-0.1, -0.05) is 6.07 Å². The minimum absolute atomic E-state index is 0.124. The second-order valence-corrected chi connectivity index (χ2v) is 3.24. The van der Waals surface area contributed by atoms with Crippen LogP contribution in [-0.4, -0.2) is 14.3 Å². The average Bonchev–Trinajstić information content (AvgIpc) is 2.48. The second kappa shape index (κ2) is 2.81. The molecule has 0 saturated carbocycles. The monoisotopic (exact) mass is 241 g/mol. The highest BCUT2D eigenvalue weighted by atomic mass is 79.9. The van der Waals surface area contributed by atoms with Crippen LogP contribution in [0.2, 0.25) is 0 Å². The molecular formula is C7H4BrN3O2. The van der Waals surface area contributed by atoms with Gasteiger partial charge in [0.05, 0.1) is 4.60 Å². The Morgan fingerprint density at radius 2 is 2.31 bits per heavy atom. The van der Waals surface area contributed by atoms with Crippen LogP contribution in [0, 0.1) is 10.1 Å². The Morgan fingerprint density at radius 3 is 3.00 bits per heavy atom. The van der Waals surface area contributed by atoms with E-state index in [1.54, 1.807) is 22.6 Å². The number of pyridine rings is 1. The SMILES string of the molecule is O=[N+]([O-])c1ncn2c(Br)cccc12. The first-order chi connectivity index (χ1) is 6.20. The number of rotatable bonds is 1. The Hall–Kier alpha value is -1.43. The highest BCUT2D eigenvalue weighted by Gasteiger charge is 2.15. The lowest BCUT2D eigenvalue weighted by molar-refractivity contribution is -0.387. The molecule has 2 rings (SSSR count). The summed E-state index contributed by atoms with van der Waals surface area (Å²) in [6.07, 6.45) is 1.41. The number of aromatic nitrogens is 2. The van der Waals surface area contributed by atoms with Crippen molar-refractivity contribution in [2.45, 2.75) is 0 Å². The van der Waals surface area contributed by atoms with Crippen molar-refractivity contribution >= 4 is 27.3 Å². The molecule has 0 aliphatic rings. The maximum Gasteiger partial charge on any atom is 0.389 e. The van der Waals surface area contributed by atoms with Crippen LogP contribution in [0.1, 0.15) is 0 Å². The molecule has 2 heterocycles. The van der Waals surface area contributed by atoms with Gasteiger partial charge in [0.2, 0.25) is 6.33 Å². The van der Waals surface area contributed by atoms with E-state index < -0.39 is 4.92 Å². The van der Waals surface area contributed by atoms with Gasteiger partial charge in [-0.2, -0.15) is 0 Å². The topological polar surface area (TPSA) is 60.4 Å². The lowest BCUT2D eigenvalue weighted by Gasteiger charge is -1.94. The fraction of sp³-hybridized carbons (Fsp3) is 0. The first kappa shape index (κ1) is 8.18. The quantitative estimate of drug-likeness (QED) is 0.436. The molecule has 0 N–H and O–H groups in total. The van der Waals surface area contributed by atoms with Crippen LogP contribution in [0.3, 0.4) is 0 Å². The van der Waals surface area contributed by atoms with Gasteiger partial charge in [0, 0.05) is 0 Å². The average molecular weight is 242 g/mol. The molecular weight excluding hydrogens is 238 g/mol. The summed E-state index contributed by atoms with van der Waals surface area (Å²) in [5, 5.41) is 10.5. The van der Waals surface area contributed by atoms with E-state index in [4.69, 9.17) is 0 Å². The van der Waals surface area contributed by atoms with E-state index >= 15 is 0 Å². The first-order valence-corrected chi connectivity index (χ1v) is 4.25. The predicted molar refractivity (Wildman–Crippen MR) is 49.5 cm³/mol. The van der Waals surface area contributed by atoms with E-state index in [0.717, 1.165) is 4.60 Å². The van der Waals surface area contributed by atoms with Crippen LogP contribution in [-0.2, 0) is 0 Å². The lowest BCUT2D eigenvalue weighted by Crippen LogP contribution is -1.89. The molecule has 0 saturated heterocycles. The maximum absolute atomic E-state index is 10.5. The van der Waals surface area contributed by atoms with Gasteiger partial charge in [-0.25, -0.2) is 0 Å². The van der Waals surface area contributed by atoms with Crippen molar-refractivity contribution in [3.63, 3.8) is 0 Å². The fourth-order valence-corrected chi connectivity index (χ4v) is 1.55. The minimum Gasteiger partial charge on any atom is -0.358 e. The van der Waals surface area contributed by atoms with Gasteiger partial charge in [0.15, 0.2) is 0 Å². The van der Waals surface area contributed by atoms with Crippen LogP contribution >= 0.6 is 15.9 Å². The van der Waals surface area contributed by atoms with Crippen molar-refractivity contribution in [3.05, 3.63) is 39.2 Å². The van der Waals surface area contributed by atoms with Gasteiger partial charge in [-0.05, 0) is 38.0 Å². The third-order valence-electron chi connectivity index (χ3n) is 1.68. The predicted octanol–water partition coefficient (Wildman–Crippen LogP) is 2.00. The lowest BCUT2D eigenvalue weighted by atomic mass is 10.4. The zero-order valence-corrected chi connectivity index (χ0v) is 7.93. The van der Waals surface area contributed by atoms with Crippen LogP contribution in [0.4, 0.5) is 5.82 Å². The number of nitrogens with zero attached hydrogens (tertiary/aromatic N) is 3. The Bertz CT molecular complexity index is 480. The highest BCUT2D eigenvalue weighted by Crippen LogP contribution is 2.21. The van der Waals surface area contributed by atoms with Crippen molar-refractivity contribution in [3.8, 4) is 0 Å². The molecule has 6 heteroatoms. The van der Waals surface area contributed by atoms with E-state index in [1.165, 1.54) is 6.33 Å². The van der Waals surface area contributed by atoms with Gasteiger partial charge < -0.3 is 10.1 Å². The summed E-state index contributed by atoms with van der Waals surface area (Å²) >= 11 is 3.26. The third kappa shape index (κ3) is 1.19. The number of imidazole rings is 1. The Labute approximate surface area is 81.3 Å². The van der Waals surface area contributed by atoms with E-state index in [-0.39, 0.29) is 5.82 Å². The Morgan fingerprint density at radius 1 is 1.54 bits per heavy atom. The van der Waals surface area contributed by atoms with Crippen molar-refractivity contribution in [1.29, 1.82) is 0 Å². The van der Waals surface area contributed by atoms with Gasteiger partial charge >= 0.3 is 5.82 Å². The summed E-state index contributed by atoms with van der Waals surface area (Å²) in [5.41, 5.74) is 0.486. The molecule has 66 valence electrons. The molecule has 5 nitrogen and oxygen atoms in total. The molecule has 0 unspecified atom stereocenters. The summed E-state index contributed by atoms with van der Waals surface area (Å²) in [7, 11) is 0. The van der Waals surface area contributed by atoms with Crippen LogP contribution in [0.15, 0.2) is 29.1 Å². The molecule has 0 spiro atoms. The molecule has 13 heavy (non-hydrogen) atoms. The Balaban J connectivity index is 2.83. The summed E-state index contributed by atoms with van der Waals surface area (Å²) in [6, 6.07) is 5.17. The number of fused-ring (bicyclic) bond motifs is 1. The molecule has 0 radical (unpaired) electrons. The van der Waals surface area contributed by atoms with Crippen molar-refractivity contribution in [1.82, 2.24) is 9.38 Å². The van der Waals surface area contributed by atoms with Crippen molar-refractivity contribution in [2.75, 3.05) is 0 Å². The Kier molecular flexibility index (Phi) is 1.77. The summed E-state index contributed by atoms with van der Waals surface area (Å²) in [4.78, 5) is 13.7.